The van der Waals surface area contributed by atoms with E-state index in [9.17, 15) is 9.59 Å². The van der Waals surface area contributed by atoms with Gasteiger partial charge in [-0.2, -0.15) is 0 Å². The van der Waals surface area contributed by atoms with Crippen molar-refractivity contribution in [3.8, 4) is 23.0 Å². The maximum Gasteiger partial charge on any atom is 0.237 e. The van der Waals surface area contributed by atoms with Gasteiger partial charge in [0.15, 0.2) is 23.0 Å². The second-order valence-electron chi connectivity index (χ2n) is 6.36. The third kappa shape index (κ3) is 4.95. The zero-order valence-electron chi connectivity index (χ0n) is 16.6. The van der Waals surface area contributed by atoms with Crippen LogP contribution in [0.2, 0.25) is 0 Å². The maximum atomic E-state index is 12.4. The lowest BCUT2D eigenvalue weighted by Crippen LogP contribution is -2.39. The first kappa shape index (κ1) is 22.8. The van der Waals surface area contributed by atoms with E-state index in [1.807, 2.05) is 0 Å². The summed E-state index contributed by atoms with van der Waals surface area (Å²) in [6, 6.07) is 10.2. The number of carbonyl (C=O) groups is 2. The third-order valence-electron chi connectivity index (χ3n) is 4.66. The molecule has 0 heterocycles. The quantitative estimate of drug-likeness (QED) is 0.410. The highest BCUT2D eigenvalue weighted by atomic mass is 35.5. The summed E-state index contributed by atoms with van der Waals surface area (Å²) in [4.78, 5) is 24.8. The molecule has 0 aliphatic carbocycles. The SMILES string of the molecule is COc1ccc(CC(Cc2ccc(OC)c(OC)c2)(C(=O)Cl)C(=O)Cl)cc1OC. The largest absolute Gasteiger partial charge is 0.493 e. The molecule has 0 atom stereocenters. The first-order valence-corrected chi connectivity index (χ1v) is 9.38. The minimum atomic E-state index is -1.66. The van der Waals surface area contributed by atoms with Crippen molar-refractivity contribution >= 4 is 33.7 Å². The molecule has 0 radical (unpaired) electrons. The Balaban J connectivity index is 2.47. The van der Waals surface area contributed by atoms with Gasteiger partial charge >= 0.3 is 0 Å². The van der Waals surface area contributed by atoms with E-state index >= 15 is 0 Å². The molecule has 0 spiro atoms. The van der Waals surface area contributed by atoms with Crippen LogP contribution in [0, 0.1) is 5.41 Å². The van der Waals surface area contributed by atoms with Gasteiger partial charge in [-0.15, -0.1) is 0 Å². The van der Waals surface area contributed by atoms with E-state index in [-0.39, 0.29) is 12.8 Å². The molecule has 0 aliphatic rings. The highest BCUT2D eigenvalue weighted by Gasteiger charge is 2.44. The Bertz CT molecular complexity index is 823. The lowest BCUT2D eigenvalue weighted by Gasteiger charge is -2.27. The van der Waals surface area contributed by atoms with Crippen LogP contribution in [0.5, 0.6) is 23.0 Å². The van der Waals surface area contributed by atoms with Gasteiger partial charge in [0, 0.05) is 0 Å². The average molecular weight is 441 g/mol. The van der Waals surface area contributed by atoms with Crippen molar-refractivity contribution in [2.75, 3.05) is 28.4 Å². The molecule has 0 aromatic heterocycles. The van der Waals surface area contributed by atoms with Gasteiger partial charge in [-0.3, -0.25) is 9.59 Å². The van der Waals surface area contributed by atoms with Crippen molar-refractivity contribution in [1.29, 1.82) is 0 Å². The summed E-state index contributed by atoms with van der Waals surface area (Å²) in [6.07, 6.45) is -0.0151. The molecule has 6 nitrogen and oxygen atoms in total. The van der Waals surface area contributed by atoms with Crippen molar-refractivity contribution in [2.24, 2.45) is 5.41 Å². The van der Waals surface area contributed by atoms with Gasteiger partial charge in [0.2, 0.25) is 10.5 Å². The summed E-state index contributed by atoms with van der Waals surface area (Å²) in [6.45, 7) is 0. The molecule has 0 fully saturated rings. The van der Waals surface area contributed by atoms with Crippen molar-refractivity contribution < 1.29 is 28.5 Å². The molecule has 0 unspecified atom stereocenters. The zero-order chi connectivity index (χ0) is 21.6. The molecule has 2 aromatic rings. The number of ether oxygens (including phenoxy) is 4. The van der Waals surface area contributed by atoms with E-state index in [0.29, 0.717) is 34.1 Å². The zero-order valence-corrected chi connectivity index (χ0v) is 18.1. The fourth-order valence-corrected chi connectivity index (χ4v) is 3.58. The van der Waals surface area contributed by atoms with Gasteiger partial charge in [0.1, 0.15) is 5.41 Å². The van der Waals surface area contributed by atoms with E-state index in [1.165, 1.54) is 28.4 Å². The minimum Gasteiger partial charge on any atom is -0.493 e. The normalized spacial score (nSPS) is 11.0. The number of methoxy groups -OCH3 is 4. The fraction of sp³-hybridized carbons (Fsp3) is 0.333. The molecule has 2 aromatic carbocycles. The molecule has 8 heteroatoms. The molecule has 0 bridgehead atoms. The van der Waals surface area contributed by atoms with Crippen molar-refractivity contribution in [3.63, 3.8) is 0 Å². The Morgan fingerprint density at radius 3 is 1.31 bits per heavy atom. The van der Waals surface area contributed by atoms with Gasteiger partial charge in [0.25, 0.3) is 0 Å². The summed E-state index contributed by atoms with van der Waals surface area (Å²) in [7, 11) is 6.03. The van der Waals surface area contributed by atoms with Crippen LogP contribution in [-0.2, 0) is 22.4 Å². The first-order chi connectivity index (χ1) is 13.8. The van der Waals surface area contributed by atoms with Gasteiger partial charge in [-0.05, 0) is 71.4 Å². The third-order valence-corrected chi connectivity index (χ3v) is 5.38. The van der Waals surface area contributed by atoms with E-state index < -0.39 is 15.9 Å². The van der Waals surface area contributed by atoms with Crippen LogP contribution < -0.4 is 18.9 Å². The number of carbonyl (C=O) groups excluding carboxylic acids is 2. The van der Waals surface area contributed by atoms with E-state index in [4.69, 9.17) is 42.1 Å². The predicted octanol–water partition coefficient (Wildman–Crippen LogP) is 4.02. The number of halogens is 2. The Morgan fingerprint density at radius 2 is 1.03 bits per heavy atom. The van der Waals surface area contributed by atoms with Crippen LogP contribution >= 0.6 is 23.2 Å². The monoisotopic (exact) mass is 440 g/mol. The summed E-state index contributed by atoms with van der Waals surface area (Å²) < 4.78 is 21.0. The second kappa shape index (κ2) is 9.85. The molecular formula is C21H22Cl2O6. The van der Waals surface area contributed by atoms with Crippen molar-refractivity contribution in [1.82, 2.24) is 0 Å². The smallest absolute Gasteiger partial charge is 0.237 e. The molecule has 0 saturated carbocycles. The van der Waals surface area contributed by atoms with Gasteiger partial charge < -0.3 is 18.9 Å². The highest BCUT2D eigenvalue weighted by molar-refractivity contribution is 6.74. The van der Waals surface area contributed by atoms with E-state index in [1.54, 1.807) is 36.4 Å². The molecule has 0 saturated heterocycles. The number of rotatable bonds is 10. The van der Waals surface area contributed by atoms with Crippen LogP contribution in [-0.4, -0.2) is 38.9 Å². The molecule has 156 valence electrons. The fourth-order valence-electron chi connectivity index (χ4n) is 3.10. The molecule has 0 amide bonds. The lowest BCUT2D eigenvalue weighted by molar-refractivity contribution is -0.131. The Hall–Kier alpha value is -2.44. The van der Waals surface area contributed by atoms with E-state index in [0.717, 1.165) is 0 Å². The molecule has 0 aliphatic heterocycles. The van der Waals surface area contributed by atoms with Crippen molar-refractivity contribution in [3.05, 3.63) is 47.5 Å². The van der Waals surface area contributed by atoms with Gasteiger partial charge in [-0.25, -0.2) is 0 Å². The van der Waals surface area contributed by atoms with Crippen LogP contribution in [0.25, 0.3) is 0 Å². The Morgan fingerprint density at radius 1 is 0.690 bits per heavy atom. The highest BCUT2D eigenvalue weighted by Crippen LogP contribution is 2.38. The van der Waals surface area contributed by atoms with Gasteiger partial charge in [-0.1, -0.05) is 12.1 Å². The van der Waals surface area contributed by atoms with Crippen LogP contribution in [0.15, 0.2) is 36.4 Å². The van der Waals surface area contributed by atoms with Crippen LogP contribution in [0.4, 0.5) is 0 Å². The minimum absolute atomic E-state index is 0.00757. The Kier molecular flexibility index (Phi) is 7.76. The molecule has 29 heavy (non-hydrogen) atoms. The first-order valence-electron chi connectivity index (χ1n) is 8.63. The van der Waals surface area contributed by atoms with Crippen LogP contribution in [0.3, 0.4) is 0 Å². The summed E-state index contributed by atoms with van der Waals surface area (Å²) in [5, 5.41) is -1.69. The number of hydrogen-bond donors (Lipinski definition) is 0. The summed E-state index contributed by atoms with van der Waals surface area (Å²) in [5.41, 5.74) is -0.375. The maximum absolute atomic E-state index is 12.4. The van der Waals surface area contributed by atoms with Crippen molar-refractivity contribution in [2.45, 2.75) is 12.8 Å². The topological polar surface area (TPSA) is 71.1 Å². The average Bonchev–Trinajstić information content (AvgIpc) is 2.72. The second-order valence-corrected chi connectivity index (χ2v) is 7.05. The molecule has 0 N–H and O–H groups in total. The summed E-state index contributed by atoms with van der Waals surface area (Å²) >= 11 is 11.8. The molecular weight excluding hydrogens is 419 g/mol. The summed E-state index contributed by atoms with van der Waals surface area (Å²) in [5.74, 6) is 1.98. The Labute approximate surface area is 179 Å². The number of benzene rings is 2. The standard InChI is InChI=1S/C21H22Cl2O6/c1-26-15-7-5-13(9-17(15)28-3)11-21(19(22)24,20(23)25)12-14-6-8-16(27-2)18(10-14)29-4/h5-10H,11-12H2,1-4H3. The number of hydrogen-bond acceptors (Lipinski definition) is 6. The van der Waals surface area contributed by atoms with E-state index in [2.05, 4.69) is 0 Å². The van der Waals surface area contributed by atoms with Gasteiger partial charge in [0.05, 0.1) is 28.4 Å². The predicted molar refractivity (Wildman–Crippen MR) is 111 cm³/mol. The molecule has 2 rings (SSSR count). The lowest BCUT2D eigenvalue weighted by atomic mass is 9.78. The van der Waals surface area contributed by atoms with Crippen LogP contribution in [0.1, 0.15) is 11.1 Å².